The van der Waals surface area contributed by atoms with Crippen LogP contribution in [0.15, 0.2) is 47.1 Å². The molecule has 0 radical (unpaired) electrons. The molecule has 3 N–H and O–H groups in total. The fraction of sp³-hybridized carbons (Fsp3) is 0.795. The van der Waals surface area contributed by atoms with Gasteiger partial charge < -0.3 is 62.7 Å². The van der Waals surface area contributed by atoms with E-state index in [4.69, 9.17) is 47.4 Å². The van der Waals surface area contributed by atoms with Crippen molar-refractivity contribution in [2.75, 3.05) is 27.4 Å². The Kier molecular flexibility index (Phi) is 13.8. The van der Waals surface area contributed by atoms with E-state index in [9.17, 15) is 20.1 Å². The maximum atomic E-state index is 14.1. The molecule has 0 aromatic carbocycles. The Hall–Kier alpha value is -2.05. The summed E-state index contributed by atoms with van der Waals surface area (Å²) in [6.07, 6.45) is 5.65. The lowest BCUT2D eigenvalue weighted by Gasteiger charge is -2.47. The average molecular weight is 819 g/mol. The third-order valence-corrected chi connectivity index (χ3v) is 13.5. The zero-order valence-corrected chi connectivity index (χ0v) is 35.3. The predicted molar refractivity (Wildman–Crippen MR) is 209 cm³/mol. The molecule has 6 aliphatic heterocycles. The van der Waals surface area contributed by atoms with Crippen molar-refractivity contribution in [1.29, 1.82) is 0 Å². The zero-order chi connectivity index (χ0) is 41.5. The Morgan fingerprint density at radius 3 is 2.34 bits per heavy atom. The highest BCUT2D eigenvalue weighted by Crippen LogP contribution is 2.47. The van der Waals surface area contributed by atoms with E-state index < -0.39 is 90.8 Å². The molecule has 58 heavy (non-hydrogen) atoms. The van der Waals surface area contributed by atoms with Gasteiger partial charge in [-0.05, 0) is 63.2 Å². The summed E-state index contributed by atoms with van der Waals surface area (Å²) in [4.78, 5) is 14.1. The summed E-state index contributed by atoms with van der Waals surface area (Å²) < 4.78 is 62.8. The Balaban J connectivity index is 1.16. The van der Waals surface area contributed by atoms with Gasteiger partial charge in [-0.1, -0.05) is 44.2 Å². The van der Waals surface area contributed by atoms with Gasteiger partial charge in [0.15, 0.2) is 18.4 Å². The van der Waals surface area contributed by atoms with E-state index in [0.29, 0.717) is 62.2 Å². The monoisotopic (exact) mass is 818 g/mol. The van der Waals surface area contributed by atoms with Crippen molar-refractivity contribution in [3.05, 3.63) is 47.1 Å². The molecule has 7 aliphatic rings. The number of hydrogen-bond acceptors (Lipinski definition) is 14. The van der Waals surface area contributed by atoms with E-state index in [-0.39, 0.29) is 24.7 Å². The largest absolute Gasteiger partial charge is 0.462 e. The van der Waals surface area contributed by atoms with Crippen LogP contribution in [0.5, 0.6) is 0 Å². The predicted octanol–water partition coefficient (Wildman–Crippen LogP) is 4.19. The normalized spacial score (nSPS) is 50.1. The van der Waals surface area contributed by atoms with Gasteiger partial charge in [0.1, 0.15) is 42.0 Å². The summed E-state index contributed by atoms with van der Waals surface area (Å²) in [6.45, 7) is 12.3. The second kappa shape index (κ2) is 18.1. The molecule has 7 unspecified atom stereocenters. The molecule has 18 atom stereocenters. The van der Waals surface area contributed by atoms with Crippen LogP contribution in [0.1, 0.15) is 86.5 Å². The van der Waals surface area contributed by atoms with Gasteiger partial charge in [0.05, 0.1) is 49.8 Å². The molecule has 0 aromatic heterocycles. The van der Waals surface area contributed by atoms with E-state index in [1.807, 2.05) is 26.0 Å². The highest BCUT2D eigenvalue weighted by Gasteiger charge is 2.60. The van der Waals surface area contributed by atoms with Crippen LogP contribution in [-0.2, 0) is 52.2 Å². The number of fused-ring (bicyclic) bond motifs is 2. The molecule has 1 aliphatic carbocycles. The zero-order valence-electron chi connectivity index (χ0n) is 35.3. The molecule has 5 fully saturated rings. The van der Waals surface area contributed by atoms with Gasteiger partial charge in [0.2, 0.25) is 0 Å². The second-order valence-electron chi connectivity index (χ2n) is 17.8. The smallest absolute Gasteiger partial charge is 0.316 e. The van der Waals surface area contributed by atoms with Crippen molar-refractivity contribution in [3.8, 4) is 0 Å². The van der Waals surface area contributed by atoms with Gasteiger partial charge in [-0.25, -0.2) is 0 Å². The molecule has 6 heterocycles. The number of carbonyl (C=O) groups excluding carboxylic acids is 1. The molecular weight excluding hydrogens is 752 g/mol. The molecular formula is C44H66O14. The molecule has 0 aromatic rings. The van der Waals surface area contributed by atoms with Gasteiger partial charge in [-0.3, -0.25) is 4.79 Å². The highest BCUT2D eigenvalue weighted by molar-refractivity contribution is 5.78. The molecule has 326 valence electrons. The summed E-state index contributed by atoms with van der Waals surface area (Å²) in [6, 6.07) is 0. The third-order valence-electron chi connectivity index (χ3n) is 13.5. The standard InChI is InChI=1S/C44H66O14/c1-23-14-15-43(52-21-23)20-31-17-30(58-43)13-12-25(3)39(24(2)10-9-11-29-22-51-41-37(45)26(4)16-32(42(47)55-31)44(29,41)48)56-36-19-34(50-8)40(28(6)54-36)57-35-18-33(49-7)38(46)27(5)53-35/h9-12,16,23-24,27-28,30-41,45-46,48H,13-15,17-22H2,1-8H3/b10-9+,25-12-,29-11-/t23-,24?,27-,28-,30?,31?,32?,33-,34-,35-,36?,37+,38-,39+,40-,41?,43?,44-/m0/s1. The van der Waals surface area contributed by atoms with Gasteiger partial charge in [-0.2, -0.15) is 0 Å². The first-order valence-corrected chi connectivity index (χ1v) is 21.3. The summed E-state index contributed by atoms with van der Waals surface area (Å²) >= 11 is 0. The third kappa shape index (κ3) is 8.96. The number of hydrogen-bond donors (Lipinski definition) is 3. The number of esters is 1. The SMILES string of the molecule is CO[C@H]1C[C@H](O[C@H]2[C@H](C)OC(O[C@H]3/C(C)=C\CC4CC(CC5(CC[C@H](C)CO5)O4)OC(=O)C4C=C(C)[C@@H](O)C5OC/C(=C/C=C/C3C)[C@]45O)C[C@@H]2OC)O[C@@H](C)[C@@H]1O. The Bertz CT molecular complexity index is 1570. The molecule has 0 amide bonds. The number of methoxy groups -OCH3 is 2. The fourth-order valence-electron chi connectivity index (χ4n) is 9.95. The Morgan fingerprint density at radius 2 is 1.62 bits per heavy atom. The highest BCUT2D eigenvalue weighted by atomic mass is 16.7. The van der Waals surface area contributed by atoms with Crippen LogP contribution in [-0.4, -0.2) is 140 Å². The van der Waals surface area contributed by atoms with E-state index in [0.717, 1.165) is 12.0 Å². The lowest BCUT2D eigenvalue weighted by molar-refractivity contribution is -0.318. The summed E-state index contributed by atoms with van der Waals surface area (Å²) in [7, 11) is 3.22. The van der Waals surface area contributed by atoms with Crippen LogP contribution in [0.2, 0.25) is 0 Å². The number of rotatable bonds is 6. The fourth-order valence-corrected chi connectivity index (χ4v) is 9.95. The lowest BCUT2D eigenvalue weighted by atomic mass is 9.71. The summed E-state index contributed by atoms with van der Waals surface area (Å²) in [5.74, 6) is -2.32. The van der Waals surface area contributed by atoms with Crippen LogP contribution < -0.4 is 0 Å². The lowest BCUT2D eigenvalue weighted by Crippen LogP contribution is -2.58. The van der Waals surface area contributed by atoms with Gasteiger partial charge in [-0.15, -0.1) is 0 Å². The molecule has 7 rings (SSSR count). The first-order valence-electron chi connectivity index (χ1n) is 21.3. The molecule has 2 bridgehead atoms. The Labute approximate surface area is 342 Å². The minimum absolute atomic E-state index is 0.0438. The molecule has 1 spiro atoms. The van der Waals surface area contributed by atoms with Crippen LogP contribution in [0, 0.1) is 17.8 Å². The van der Waals surface area contributed by atoms with Crippen LogP contribution in [0.3, 0.4) is 0 Å². The van der Waals surface area contributed by atoms with E-state index >= 15 is 0 Å². The summed E-state index contributed by atoms with van der Waals surface area (Å²) in [5.41, 5.74) is 0.195. The van der Waals surface area contributed by atoms with Crippen LogP contribution in [0.4, 0.5) is 0 Å². The number of aliphatic hydroxyl groups excluding tert-OH is 2. The number of carbonyl (C=O) groups is 1. The van der Waals surface area contributed by atoms with Gasteiger partial charge >= 0.3 is 5.97 Å². The van der Waals surface area contributed by atoms with Crippen molar-refractivity contribution < 1.29 is 67.5 Å². The molecule has 0 saturated carbocycles. The van der Waals surface area contributed by atoms with Crippen molar-refractivity contribution >= 4 is 5.97 Å². The quantitative estimate of drug-likeness (QED) is 0.258. The van der Waals surface area contributed by atoms with Crippen molar-refractivity contribution in [1.82, 2.24) is 0 Å². The average Bonchev–Trinajstić information content (AvgIpc) is 3.53. The molecule has 5 saturated heterocycles. The van der Waals surface area contributed by atoms with E-state index in [1.165, 1.54) is 0 Å². The minimum atomic E-state index is -1.81. The topological polar surface area (TPSA) is 170 Å². The van der Waals surface area contributed by atoms with E-state index in [2.05, 4.69) is 19.9 Å². The Morgan fingerprint density at radius 1 is 0.897 bits per heavy atom. The number of allylic oxidation sites excluding steroid dienone is 2. The molecule has 14 heteroatoms. The maximum absolute atomic E-state index is 14.1. The van der Waals surface area contributed by atoms with Crippen molar-refractivity contribution in [2.45, 2.75) is 178 Å². The van der Waals surface area contributed by atoms with Crippen molar-refractivity contribution in [2.24, 2.45) is 17.8 Å². The maximum Gasteiger partial charge on any atom is 0.316 e. The van der Waals surface area contributed by atoms with Crippen LogP contribution in [0.25, 0.3) is 0 Å². The number of ether oxygens (including phenoxy) is 10. The first kappa shape index (κ1) is 44.0. The minimum Gasteiger partial charge on any atom is -0.462 e. The van der Waals surface area contributed by atoms with E-state index in [1.54, 1.807) is 40.2 Å². The summed E-state index contributed by atoms with van der Waals surface area (Å²) in [5, 5.41) is 34.0. The van der Waals surface area contributed by atoms with Gasteiger partial charge in [0.25, 0.3) is 0 Å². The van der Waals surface area contributed by atoms with Crippen molar-refractivity contribution in [3.63, 3.8) is 0 Å². The van der Waals surface area contributed by atoms with Crippen LogP contribution >= 0.6 is 0 Å². The second-order valence-corrected chi connectivity index (χ2v) is 17.8. The van der Waals surface area contributed by atoms with Gasteiger partial charge in [0, 0.05) is 52.2 Å². The first-order chi connectivity index (χ1) is 27.6. The number of aliphatic hydroxyl groups is 3. The molecule has 14 nitrogen and oxygen atoms in total.